The second kappa shape index (κ2) is 8.09. The van der Waals surface area contributed by atoms with Gasteiger partial charge < -0.3 is 14.8 Å². The molecule has 1 amide bonds. The molecule has 0 aliphatic rings. The number of benzene rings is 2. The normalized spacial score (nSPS) is 11.7. The SMILES string of the molecule is CCC(Oc1cccc(OC)c1)C(=O)Nc1cc(Cl)cc(Cl)c1. The van der Waals surface area contributed by atoms with Crippen molar-refractivity contribution in [3.05, 3.63) is 52.5 Å². The van der Waals surface area contributed by atoms with Crippen molar-refractivity contribution >= 4 is 34.8 Å². The number of carbonyl (C=O) groups excluding carboxylic acids is 1. The van der Waals surface area contributed by atoms with E-state index >= 15 is 0 Å². The fourth-order valence-corrected chi connectivity index (χ4v) is 2.54. The maximum absolute atomic E-state index is 12.4. The average molecular weight is 354 g/mol. The number of methoxy groups -OCH3 is 1. The highest BCUT2D eigenvalue weighted by Gasteiger charge is 2.19. The molecule has 6 heteroatoms. The molecule has 0 aliphatic carbocycles. The van der Waals surface area contributed by atoms with Crippen LogP contribution in [0, 0.1) is 0 Å². The lowest BCUT2D eigenvalue weighted by Gasteiger charge is -2.18. The first kappa shape index (κ1) is 17.4. The molecule has 2 rings (SSSR count). The summed E-state index contributed by atoms with van der Waals surface area (Å²) in [6.45, 7) is 1.87. The van der Waals surface area contributed by atoms with Crippen LogP contribution in [0.4, 0.5) is 5.69 Å². The third-order valence-electron chi connectivity index (χ3n) is 3.11. The predicted molar refractivity (Wildman–Crippen MR) is 92.8 cm³/mol. The number of amides is 1. The number of anilines is 1. The highest BCUT2D eigenvalue weighted by Crippen LogP contribution is 2.24. The zero-order valence-corrected chi connectivity index (χ0v) is 14.3. The van der Waals surface area contributed by atoms with Crippen LogP contribution in [0.3, 0.4) is 0 Å². The Bertz CT molecular complexity index is 671. The standard InChI is InChI=1S/C17H17Cl2NO3/c1-3-16(23-15-6-4-5-14(10-15)22-2)17(21)20-13-8-11(18)7-12(19)9-13/h4-10,16H,3H2,1-2H3,(H,20,21). The minimum Gasteiger partial charge on any atom is -0.497 e. The van der Waals surface area contributed by atoms with E-state index in [1.807, 2.05) is 13.0 Å². The Kier molecular flexibility index (Phi) is 6.13. The molecule has 4 nitrogen and oxygen atoms in total. The number of carbonyl (C=O) groups is 1. The molecule has 2 aromatic carbocycles. The van der Waals surface area contributed by atoms with E-state index < -0.39 is 6.10 Å². The minimum absolute atomic E-state index is 0.270. The van der Waals surface area contributed by atoms with Gasteiger partial charge in [0.15, 0.2) is 6.10 Å². The topological polar surface area (TPSA) is 47.6 Å². The van der Waals surface area contributed by atoms with Crippen molar-refractivity contribution in [2.24, 2.45) is 0 Å². The van der Waals surface area contributed by atoms with Crippen LogP contribution in [-0.2, 0) is 4.79 Å². The zero-order chi connectivity index (χ0) is 16.8. The van der Waals surface area contributed by atoms with Gasteiger partial charge in [-0.25, -0.2) is 0 Å². The number of ether oxygens (including phenoxy) is 2. The van der Waals surface area contributed by atoms with Gasteiger partial charge in [0.2, 0.25) is 0 Å². The zero-order valence-electron chi connectivity index (χ0n) is 12.8. The number of rotatable bonds is 6. The van der Waals surface area contributed by atoms with Gasteiger partial charge in [0, 0.05) is 21.8 Å². The molecule has 23 heavy (non-hydrogen) atoms. The fraction of sp³-hybridized carbons (Fsp3) is 0.235. The smallest absolute Gasteiger partial charge is 0.265 e. The van der Waals surface area contributed by atoms with Gasteiger partial charge >= 0.3 is 0 Å². The van der Waals surface area contributed by atoms with Crippen molar-refractivity contribution in [3.63, 3.8) is 0 Å². The molecular weight excluding hydrogens is 337 g/mol. The summed E-state index contributed by atoms with van der Waals surface area (Å²) in [6.07, 6.45) is -0.128. The fourth-order valence-electron chi connectivity index (χ4n) is 2.01. The first-order valence-corrected chi connectivity index (χ1v) is 7.85. The monoisotopic (exact) mass is 353 g/mol. The number of hydrogen-bond donors (Lipinski definition) is 1. The molecule has 0 aromatic heterocycles. The molecule has 1 unspecified atom stereocenters. The first-order valence-electron chi connectivity index (χ1n) is 7.09. The number of hydrogen-bond acceptors (Lipinski definition) is 3. The minimum atomic E-state index is -0.639. The van der Waals surface area contributed by atoms with E-state index in [0.29, 0.717) is 33.7 Å². The van der Waals surface area contributed by atoms with Gasteiger partial charge in [-0.05, 0) is 36.8 Å². The predicted octanol–water partition coefficient (Wildman–Crippen LogP) is 4.80. The van der Waals surface area contributed by atoms with Crippen LogP contribution in [0.1, 0.15) is 13.3 Å². The maximum Gasteiger partial charge on any atom is 0.265 e. The van der Waals surface area contributed by atoms with Crippen LogP contribution in [-0.4, -0.2) is 19.1 Å². The van der Waals surface area contributed by atoms with Gasteiger partial charge in [0.05, 0.1) is 7.11 Å². The second-order valence-corrected chi connectivity index (χ2v) is 5.71. The van der Waals surface area contributed by atoms with Crippen molar-refractivity contribution < 1.29 is 14.3 Å². The van der Waals surface area contributed by atoms with Gasteiger partial charge in [-0.2, -0.15) is 0 Å². The Morgan fingerprint density at radius 2 is 1.78 bits per heavy atom. The van der Waals surface area contributed by atoms with Gasteiger partial charge in [-0.3, -0.25) is 4.79 Å². The molecule has 1 atom stereocenters. The molecule has 0 spiro atoms. The van der Waals surface area contributed by atoms with Crippen LogP contribution in [0.15, 0.2) is 42.5 Å². The Balaban J connectivity index is 2.08. The lowest BCUT2D eigenvalue weighted by molar-refractivity contribution is -0.122. The summed E-state index contributed by atoms with van der Waals surface area (Å²) < 4.78 is 10.9. The van der Waals surface area contributed by atoms with Gasteiger partial charge in [0.25, 0.3) is 5.91 Å². The van der Waals surface area contributed by atoms with Crippen molar-refractivity contribution in [1.29, 1.82) is 0 Å². The molecule has 0 bridgehead atoms. The average Bonchev–Trinajstić information content (AvgIpc) is 2.51. The van der Waals surface area contributed by atoms with Crippen molar-refractivity contribution in [3.8, 4) is 11.5 Å². The van der Waals surface area contributed by atoms with E-state index in [2.05, 4.69) is 5.32 Å². The quantitative estimate of drug-likeness (QED) is 0.811. The van der Waals surface area contributed by atoms with Crippen molar-refractivity contribution in [1.82, 2.24) is 0 Å². The maximum atomic E-state index is 12.4. The molecule has 0 fully saturated rings. The third kappa shape index (κ3) is 5.05. The van der Waals surface area contributed by atoms with E-state index in [1.165, 1.54) is 0 Å². The number of halogens is 2. The van der Waals surface area contributed by atoms with Crippen LogP contribution in [0.5, 0.6) is 11.5 Å². The summed E-state index contributed by atoms with van der Waals surface area (Å²) >= 11 is 11.9. The lowest BCUT2D eigenvalue weighted by atomic mass is 10.2. The summed E-state index contributed by atoms with van der Waals surface area (Å²) in [4.78, 5) is 12.4. The van der Waals surface area contributed by atoms with Crippen LogP contribution in [0.25, 0.3) is 0 Å². The van der Waals surface area contributed by atoms with E-state index in [0.717, 1.165) is 0 Å². The number of nitrogens with one attached hydrogen (secondary N) is 1. The highest BCUT2D eigenvalue weighted by atomic mass is 35.5. The van der Waals surface area contributed by atoms with Crippen molar-refractivity contribution in [2.45, 2.75) is 19.4 Å². The van der Waals surface area contributed by atoms with Crippen LogP contribution >= 0.6 is 23.2 Å². The van der Waals surface area contributed by atoms with E-state index in [9.17, 15) is 4.79 Å². The van der Waals surface area contributed by atoms with Gasteiger partial charge in [-0.1, -0.05) is 36.2 Å². The Morgan fingerprint density at radius 3 is 2.39 bits per heavy atom. The lowest BCUT2D eigenvalue weighted by Crippen LogP contribution is -2.32. The van der Waals surface area contributed by atoms with Crippen molar-refractivity contribution in [2.75, 3.05) is 12.4 Å². The molecule has 2 aromatic rings. The van der Waals surface area contributed by atoms with E-state index in [-0.39, 0.29) is 5.91 Å². The molecule has 0 aliphatic heterocycles. The van der Waals surface area contributed by atoms with Crippen LogP contribution in [0.2, 0.25) is 10.0 Å². The molecule has 1 N–H and O–H groups in total. The first-order chi connectivity index (χ1) is 11.0. The Labute approximate surface area is 145 Å². The molecule has 122 valence electrons. The molecular formula is C17H17Cl2NO3. The highest BCUT2D eigenvalue weighted by molar-refractivity contribution is 6.35. The van der Waals surface area contributed by atoms with Gasteiger partial charge in [0.1, 0.15) is 11.5 Å². The van der Waals surface area contributed by atoms with Gasteiger partial charge in [-0.15, -0.1) is 0 Å². The second-order valence-electron chi connectivity index (χ2n) is 4.84. The van der Waals surface area contributed by atoms with E-state index in [4.69, 9.17) is 32.7 Å². The molecule has 0 saturated heterocycles. The summed E-state index contributed by atoms with van der Waals surface area (Å²) in [5.41, 5.74) is 0.528. The summed E-state index contributed by atoms with van der Waals surface area (Å²) in [5.74, 6) is 0.962. The third-order valence-corrected chi connectivity index (χ3v) is 3.55. The Hall–Kier alpha value is -1.91. The largest absolute Gasteiger partial charge is 0.497 e. The Morgan fingerprint density at radius 1 is 1.13 bits per heavy atom. The van der Waals surface area contributed by atoms with E-state index in [1.54, 1.807) is 43.5 Å². The summed E-state index contributed by atoms with van der Waals surface area (Å²) in [5, 5.41) is 3.67. The summed E-state index contributed by atoms with van der Waals surface area (Å²) in [7, 11) is 1.58. The van der Waals surface area contributed by atoms with Crippen LogP contribution < -0.4 is 14.8 Å². The molecule has 0 saturated carbocycles. The molecule has 0 heterocycles. The summed E-state index contributed by atoms with van der Waals surface area (Å²) in [6, 6.07) is 12.0. The molecule has 0 radical (unpaired) electrons.